The molecular formula is C20H20O4. The van der Waals surface area contributed by atoms with Crippen LogP contribution in [0.4, 0.5) is 0 Å². The highest BCUT2D eigenvalue weighted by Crippen LogP contribution is 2.23. The summed E-state index contributed by atoms with van der Waals surface area (Å²) in [7, 11) is 1.59. The number of benzene rings is 2. The molecule has 2 aromatic rings. The van der Waals surface area contributed by atoms with Crippen LogP contribution in [0, 0.1) is 0 Å². The molecule has 2 aromatic carbocycles. The van der Waals surface area contributed by atoms with E-state index in [9.17, 15) is 9.59 Å². The maximum Gasteiger partial charge on any atom is 0.310 e. The molecule has 0 N–H and O–H groups in total. The molecule has 3 rings (SSSR count). The van der Waals surface area contributed by atoms with E-state index in [0.717, 1.165) is 30.6 Å². The molecule has 4 heteroatoms. The van der Waals surface area contributed by atoms with E-state index in [1.807, 2.05) is 30.3 Å². The Hall–Kier alpha value is -2.62. The standard InChI is InChI=1S/C20H20O4/c1-23-18-9-5-14(6-10-18)11-20(22)24-13-19(21)17-8-7-15-3-2-4-16(15)12-17/h5-10,12H,2-4,11,13H2,1H3. The third kappa shape index (κ3) is 3.82. The molecule has 0 aliphatic heterocycles. The average Bonchev–Trinajstić information content (AvgIpc) is 3.08. The second-order valence-corrected chi connectivity index (χ2v) is 5.95. The van der Waals surface area contributed by atoms with Crippen LogP contribution >= 0.6 is 0 Å². The Bertz CT molecular complexity index is 747. The van der Waals surface area contributed by atoms with Gasteiger partial charge in [-0.25, -0.2) is 0 Å². The molecule has 0 spiro atoms. The van der Waals surface area contributed by atoms with E-state index < -0.39 is 5.97 Å². The van der Waals surface area contributed by atoms with Crippen molar-refractivity contribution in [2.45, 2.75) is 25.7 Å². The maximum absolute atomic E-state index is 12.2. The number of aryl methyl sites for hydroxylation is 2. The van der Waals surface area contributed by atoms with Gasteiger partial charge < -0.3 is 9.47 Å². The number of rotatable bonds is 6. The van der Waals surface area contributed by atoms with Crippen molar-refractivity contribution in [3.63, 3.8) is 0 Å². The summed E-state index contributed by atoms with van der Waals surface area (Å²) >= 11 is 0. The van der Waals surface area contributed by atoms with Crippen molar-refractivity contribution < 1.29 is 19.1 Å². The molecule has 0 radical (unpaired) electrons. The Balaban J connectivity index is 1.52. The lowest BCUT2D eigenvalue weighted by molar-refractivity contribution is -0.141. The minimum absolute atomic E-state index is 0.140. The summed E-state index contributed by atoms with van der Waals surface area (Å²) in [5.74, 6) is 0.168. The number of hydrogen-bond donors (Lipinski definition) is 0. The van der Waals surface area contributed by atoms with Gasteiger partial charge in [0.05, 0.1) is 13.5 Å². The Morgan fingerprint density at radius 1 is 1.00 bits per heavy atom. The van der Waals surface area contributed by atoms with Crippen molar-refractivity contribution in [1.82, 2.24) is 0 Å². The van der Waals surface area contributed by atoms with Crippen molar-refractivity contribution in [2.24, 2.45) is 0 Å². The van der Waals surface area contributed by atoms with Gasteiger partial charge in [-0.1, -0.05) is 24.3 Å². The van der Waals surface area contributed by atoms with Crippen LogP contribution in [-0.4, -0.2) is 25.5 Å². The fourth-order valence-electron chi connectivity index (χ4n) is 2.94. The van der Waals surface area contributed by atoms with Gasteiger partial charge in [-0.2, -0.15) is 0 Å². The number of ether oxygens (including phenoxy) is 2. The molecule has 0 unspecified atom stereocenters. The van der Waals surface area contributed by atoms with Gasteiger partial charge in [0.25, 0.3) is 0 Å². The van der Waals surface area contributed by atoms with Gasteiger partial charge in [0.15, 0.2) is 12.4 Å². The lowest BCUT2D eigenvalue weighted by Crippen LogP contribution is -2.16. The number of Topliss-reactive ketones (excluding diaryl/α,β-unsaturated/α-hetero) is 1. The van der Waals surface area contributed by atoms with Gasteiger partial charge in [0, 0.05) is 5.56 Å². The zero-order chi connectivity index (χ0) is 16.9. The Kier molecular flexibility index (Phi) is 4.94. The van der Waals surface area contributed by atoms with Crippen molar-refractivity contribution in [3.8, 4) is 5.75 Å². The topological polar surface area (TPSA) is 52.6 Å². The van der Waals surface area contributed by atoms with Crippen LogP contribution in [0.5, 0.6) is 5.75 Å². The summed E-state index contributed by atoms with van der Waals surface area (Å²) in [5.41, 5.74) is 4.01. The Morgan fingerprint density at radius 3 is 2.50 bits per heavy atom. The first-order chi connectivity index (χ1) is 11.7. The molecule has 0 saturated heterocycles. The van der Waals surface area contributed by atoms with Gasteiger partial charge >= 0.3 is 5.97 Å². The number of carbonyl (C=O) groups is 2. The van der Waals surface area contributed by atoms with E-state index in [0.29, 0.717) is 5.56 Å². The van der Waals surface area contributed by atoms with Crippen LogP contribution in [0.3, 0.4) is 0 Å². The first kappa shape index (κ1) is 16.2. The number of fused-ring (bicyclic) bond motifs is 1. The first-order valence-corrected chi connectivity index (χ1v) is 8.09. The van der Waals surface area contributed by atoms with Crippen LogP contribution in [0.2, 0.25) is 0 Å². The molecule has 0 atom stereocenters. The molecule has 0 amide bonds. The predicted molar refractivity (Wildman–Crippen MR) is 90.5 cm³/mol. The fraction of sp³-hybridized carbons (Fsp3) is 0.300. The Labute approximate surface area is 141 Å². The molecule has 4 nitrogen and oxygen atoms in total. The molecule has 0 heterocycles. The van der Waals surface area contributed by atoms with Crippen molar-refractivity contribution in [2.75, 3.05) is 13.7 Å². The van der Waals surface area contributed by atoms with Crippen LogP contribution in [0.25, 0.3) is 0 Å². The summed E-state index contributed by atoms with van der Waals surface area (Å²) in [6.45, 7) is -0.215. The average molecular weight is 324 g/mol. The molecule has 124 valence electrons. The van der Waals surface area contributed by atoms with E-state index in [1.165, 1.54) is 11.1 Å². The van der Waals surface area contributed by atoms with E-state index in [-0.39, 0.29) is 18.8 Å². The number of methoxy groups -OCH3 is 1. The maximum atomic E-state index is 12.2. The summed E-state index contributed by atoms with van der Waals surface area (Å²) in [6, 6.07) is 13.0. The number of hydrogen-bond acceptors (Lipinski definition) is 4. The molecule has 0 aromatic heterocycles. The van der Waals surface area contributed by atoms with E-state index in [1.54, 1.807) is 19.2 Å². The molecule has 0 bridgehead atoms. The van der Waals surface area contributed by atoms with E-state index in [4.69, 9.17) is 9.47 Å². The largest absolute Gasteiger partial charge is 0.497 e. The molecule has 1 aliphatic rings. The zero-order valence-electron chi connectivity index (χ0n) is 13.7. The third-order valence-electron chi connectivity index (χ3n) is 4.29. The number of carbonyl (C=O) groups excluding carboxylic acids is 2. The van der Waals surface area contributed by atoms with Gasteiger partial charge in [0.2, 0.25) is 0 Å². The highest BCUT2D eigenvalue weighted by molar-refractivity contribution is 5.98. The van der Waals surface area contributed by atoms with Crippen LogP contribution in [0.1, 0.15) is 33.5 Å². The molecule has 0 fully saturated rings. The number of ketones is 1. The third-order valence-corrected chi connectivity index (χ3v) is 4.29. The lowest BCUT2D eigenvalue weighted by Gasteiger charge is -2.07. The first-order valence-electron chi connectivity index (χ1n) is 8.09. The smallest absolute Gasteiger partial charge is 0.310 e. The fourth-order valence-corrected chi connectivity index (χ4v) is 2.94. The van der Waals surface area contributed by atoms with Gasteiger partial charge in [-0.15, -0.1) is 0 Å². The lowest BCUT2D eigenvalue weighted by atomic mass is 10.0. The monoisotopic (exact) mass is 324 g/mol. The molecule has 1 aliphatic carbocycles. The summed E-state index contributed by atoms with van der Waals surface area (Å²) in [4.78, 5) is 24.1. The summed E-state index contributed by atoms with van der Waals surface area (Å²) in [5, 5.41) is 0. The predicted octanol–water partition coefficient (Wildman–Crippen LogP) is 3.15. The summed E-state index contributed by atoms with van der Waals surface area (Å²) < 4.78 is 10.2. The second kappa shape index (κ2) is 7.30. The van der Waals surface area contributed by atoms with Crippen molar-refractivity contribution in [1.29, 1.82) is 0 Å². The highest BCUT2D eigenvalue weighted by Gasteiger charge is 2.15. The quantitative estimate of drug-likeness (QED) is 0.605. The number of esters is 1. The van der Waals surface area contributed by atoms with E-state index >= 15 is 0 Å². The second-order valence-electron chi connectivity index (χ2n) is 5.95. The van der Waals surface area contributed by atoms with Crippen LogP contribution in [0.15, 0.2) is 42.5 Å². The van der Waals surface area contributed by atoms with Crippen LogP contribution in [-0.2, 0) is 28.8 Å². The van der Waals surface area contributed by atoms with E-state index in [2.05, 4.69) is 0 Å². The highest BCUT2D eigenvalue weighted by atomic mass is 16.5. The minimum Gasteiger partial charge on any atom is -0.497 e. The SMILES string of the molecule is COc1ccc(CC(=O)OCC(=O)c2ccc3c(c2)CCC3)cc1. The molecule has 24 heavy (non-hydrogen) atoms. The van der Waals surface area contributed by atoms with Crippen molar-refractivity contribution >= 4 is 11.8 Å². The Morgan fingerprint density at radius 2 is 1.75 bits per heavy atom. The van der Waals surface area contributed by atoms with Crippen LogP contribution < -0.4 is 4.74 Å². The van der Waals surface area contributed by atoms with Gasteiger partial charge in [0.1, 0.15) is 5.75 Å². The minimum atomic E-state index is -0.408. The normalized spacial score (nSPS) is 12.5. The van der Waals surface area contributed by atoms with Gasteiger partial charge in [-0.05, 0) is 54.2 Å². The zero-order valence-corrected chi connectivity index (χ0v) is 13.7. The van der Waals surface area contributed by atoms with Gasteiger partial charge in [-0.3, -0.25) is 9.59 Å². The molecular weight excluding hydrogens is 304 g/mol. The van der Waals surface area contributed by atoms with Crippen molar-refractivity contribution in [3.05, 3.63) is 64.7 Å². The summed E-state index contributed by atoms with van der Waals surface area (Å²) in [6.07, 6.45) is 3.39. The molecule has 0 saturated carbocycles.